The van der Waals surface area contributed by atoms with E-state index < -0.39 is 5.97 Å². The quantitative estimate of drug-likeness (QED) is 0.749. The van der Waals surface area contributed by atoms with Crippen LogP contribution in [0.15, 0.2) is 18.2 Å². The molecular weight excluding hydrogens is 188 g/mol. The summed E-state index contributed by atoms with van der Waals surface area (Å²) in [5.74, 6) is -1.10. The van der Waals surface area contributed by atoms with E-state index in [1.165, 1.54) is 0 Å². The number of rotatable bonds is 1. The van der Waals surface area contributed by atoms with Gasteiger partial charge in [-0.25, -0.2) is 0 Å². The second-order valence-corrected chi connectivity index (χ2v) is 3.71. The Hall–Kier alpha value is -1.02. The van der Waals surface area contributed by atoms with Crippen LogP contribution in [0.2, 0.25) is 5.02 Å². The number of hydrogen-bond donors (Lipinski definition) is 1. The summed E-state index contributed by atoms with van der Waals surface area (Å²) < 4.78 is 0. The second-order valence-electron chi connectivity index (χ2n) is 3.27. The zero-order chi connectivity index (χ0) is 9.42. The first-order chi connectivity index (χ1) is 6.18. The van der Waals surface area contributed by atoms with Crippen LogP contribution in [0.3, 0.4) is 0 Å². The van der Waals surface area contributed by atoms with Crippen LogP contribution in [0, 0.1) is 0 Å². The van der Waals surface area contributed by atoms with Crippen molar-refractivity contribution in [3.63, 3.8) is 0 Å². The van der Waals surface area contributed by atoms with E-state index in [1.54, 1.807) is 6.07 Å². The lowest BCUT2D eigenvalue weighted by Crippen LogP contribution is -2.07. The summed E-state index contributed by atoms with van der Waals surface area (Å²) in [6.07, 6.45) is 1.55. The average molecular weight is 197 g/mol. The van der Waals surface area contributed by atoms with Crippen LogP contribution in [-0.2, 0) is 11.2 Å². The Balaban J connectivity index is 2.46. The predicted octanol–water partition coefficient (Wildman–Crippen LogP) is 2.45. The van der Waals surface area contributed by atoms with Crippen LogP contribution in [0.1, 0.15) is 23.5 Å². The molecule has 68 valence electrons. The molecule has 0 aromatic heterocycles. The van der Waals surface area contributed by atoms with Crippen molar-refractivity contribution in [1.82, 2.24) is 0 Å². The van der Waals surface area contributed by atoms with Crippen LogP contribution >= 0.6 is 11.6 Å². The van der Waals surface area contributed by atoms with Crippen molar-refractivity contribution in [2.75, 3.05) is 0 Å². The summed E-state index contributed by atoms with van der Waals surface area (Å²) in [6, 6.07) is 5.49. The van der Waals surface area contributed by atoms with Crippen molar-refractivity contribution in [1.29, 1.82) is 0 Å². The Morgan fingerprint density at radius 3 is 3.00 bits per heavy atom. The summed E-state index contributed by atoms with van der Waals surface area (Å²) in [5.41, 5.74) is 2.01. The molecule has 0 saturated heterocycles. The number of aryl methyl sites for hydroxylation is 1. The molecular formula is C10H9ClO2. The minimum Gasteiger partial charge on any atom is -0.481 e. The highest BCUT2D eigenvalue weighted by Crippen LogP contribution is 2.34. The molecule has 1 N–H and O–H groups in total. The molecule has 0 unspecified atom stereocenters. The molecule has 0 radical (unpaired) electrons. The van der Waals surface area contributed by atoms with Crippen molar-refractivity contribution < 1.29 is 9.90 Å². The molecule has 1 aliphatic rings. The molecule has 2 nitrogen and oxygen atoms in total. The molecule has 1 aliphatic carbocycles. The zero-order valence-corrected chi connectivity index (χ0v) is 7.71. The SMILES string of the molecule is O=C(O)[C@@H]1CCc2ccc(Cl)cc21. The molecule has 0 spiro atoms. The highest BCUT2D eigenvalue weighted by molar-refractivity contribution is 6.30. The van der Waals surface area contributed by atoms with Gasteiger partial charge in [-0.3, -0.25) is 4.79 Å². The van der Waals surface area contributed by atoms with Crippen molar-refractivity contribution >= 4 is 17.6 Å². The molecule has 0 saturated carbocycles. The molecule has 0 amide bonds. The Bertz CT molecular complexity index is 360. The van der Waals surface area contributed by atoms with Gasteiger partial charge in [0, 0.05) is 5.02 Å². The first kappa shape index (κ1) is 8.57. The molecule has 1 aromatic carbocycles. The molecule has 3 heteroatoms. The van der Waals surface area contributed by atoms with E-state index in [0.29, 0.717) is 11.4 Å². The van der Waals surface area contributed by atoms with Crippen LogP contribution in [0.5, 0.6) is 0 Å². The monoisotopic (exact) mass is 196 g/mol. The third-order valence-electron chi connectivity index (χ3n) is 2.48. The summed E-state index contributed by atoms with van der Waals surface area (Å²) in [6.45, 7) is 0. The third-order valence-corrected chi connectivity index (χ3v) is 2.72. The Labute approximate surface area is 81.1 Å². The van der Waals surface area contributed by atoms with E-state index in [4.69, 9.17) is 16.7 Å². The standard InChI is InChI=1S/C10H9ClO2/c11-7-3-1-6-2-4-8(10(12)13)9(6)5-7/h1,3,5,8H,2,4H2,(H,12,13)/t8-/m1/s1. The molecule has 13 heavy (non-hydrogen) atoms. The van der Waals surface area contributed by atoms with E-state index in [9.17, 15) is 4.79 Å². The first-order valence-electron chi connectivity index (χ1n) is 4.19. The molecule has 0 aliphatic heterocycles. The van der Waals surface area contributed by atoms with E-state index in [-0.39, 0.29) is 5.92 Å². The van der Waals surface area contributed by atoms with Gasteiger partial charge in [0.05, 0.1) is 5.92 Å². The summed E-state index contributed by atoms with van der Waals surface area (Å²) in [5, 5.41) is 9.53. The molecule has 2 rings (SSSR count). The van der Waals surface area contributed by atoms with Gasteiger partial charge in [-0.2, -0.15) is 0 Å². The Morgan fingerprint density at radius 2 is 2.31 bits per heavy atom. The van der Waals surface area contributed by atoms with Crippen molar-refractivity contribution in [2.45, 2.75) is 18.8 Å². The summed E-state index contributed by atoms with van der Waals surface area (Å²) in [4.78, 5) is 10.8. The number of carboxylic acid groups (broad SMARTS) is 1. The zero-order valence-electron chi connectivity index (χ0n) is 6.96. The number of carbonyl (C=O) groups is 1. The van der Waals surface area contributed by atoms with Crippen molar-refractivity contribution in [2.24, 2.45) is 0 Å². The largest absolute Gasteiger partial charge is 0.481 e. The van der Waals surface area contributed by atoms with E-state index in [0.717, 1.165) is 17.5 Å². The first-order valence-corrected chi connectivity index (χ1v) is 4.57. The number of fused-ring (bicyclic) bond motifs is 1. The van der Waals surface area contributed by atoms with E-state index in [1.807, 2.05) is 12.1 Å². The van der Waals surface area contributed by atoms with Gasteiger partial charge in [0.2, 0.25) is 0 Å². The van der Waals surface area contributed by atoms with Gasteiger partial charge in [-0.05, 0) is 36.1 Å². The summed E-state index contributed by atoms with van der Waals surface area (Å²) >= 11 is 5.80. The number of carboxylic acids is 1. The molecule has 0 bridgehead atoms. The van der Waals surface area contributed by atoms with Crippen LogP contribution in [-0.4, -0.2) is 11.1 Å². The highest BCUT2D eigenvalue weighted by atomic mass is 35.5. The number of hydrogen-bond acceptors (Lipinski definition) is 1. The van der Waals surface area contributed by atoms with Gasteiger partial charge in [-0.1, -0.05) is 17.7 Å². The molecule has 0 heterocycles. The number of halogens is 1. The van der Waals surface area contributed by atoms with Gasteiger partial charge in [0.15, 0.2) is 0 Å². The highest BCUT2D eigenvalue weighted by Gasteiger charge is 2.28. The maximum absolute atomic E-state index is 10.8. The lowest BCUT2D eigenvalue weighted by atomic mass is 10.0. The van der Waals surface area contributed by atoms with E-state index >= 15 is 0 Å². The lowest BCUT2D eigenvalue weighted by Gasteiger charge is -2.05. The van der Waals surface area contributed by atoms with Crippen LogP contribution in [0.4, 0.5) is 0 Å². The number of benzene rings is 1. The molecule has 1 aromatic rings. The number of aliphatic carboxylic acids is 1. The Kier molecular flexibility index (Phi) is 2.00. The lowest BCUT2D eigenvalue weighted by molar-refractivity contribution is -0.138. The van der Waals surface area contributed by atoms with Gasteiger partial charge < -0.3 is 5.11 Å². The van der Waals surface area contributed by atoms with Gasteiger partial charge in [0.1, 0.15) is 0 Å². The topological polar surface area (TPSA) is 37.3 Å². The van der Waals surface area contributed by atoms with Crippen molar-refractivity contribution in [3.8, 4) is 0 Å². The van der Waals surface area contributed by atoms with Gasteiger partial charge in [0.25, 0.3) is 0 Å². The fraction of sp³-hybridized carbons (Fsp3) is 0.300. The maximum atomic E-state index is 10.8. The molecule has 0 fully saturated rings. The molecule has 1 atom stereocenters. The smallest absolute Gasteiger partial charge is 0.310 e. The van der Waals surface area contributed by atoms with Crippen LogP contribution in [0.25, 0.3) is 0 Å². The minimum atomic E-state index is -0.749. The van der Waals surface area contributed by atoms with Crippen molar-refractivity contribution in [3.05, 3.63) is 34.3 Å². The summed E-state index contributed by atoms with van der Waals surface area (Å²) in [7, 11) is 0. The third kappa shape index (κ3) is 1.42. The van der Waals surface area contributed by atoms with Gasteiger partial charge >= 0.3 is 5.97 Å². The fourth-order valence-corrected chi connectivity index (χ4v) is 2.01. The Morgan fingerprint density at radius 1 is 1.54 bits per heavy atom. The minimum absolute atomic E-state index is 0.353. The van der Waals surface area contributed by atoms with E-state index in [2.05, 4.69) is 0 Å². The fourth-order valence-electron chi connectivity index (χ4n) is 1.83. The average Bonchev–Trinajstić information content (AvgIpc) is 2.46. The maximum Gasteiger partial charge on any atom is 0.310 e. The van der Waals surface area contributed by atoms with Gasteiger partial charge in [-0.15, -0.1) is 0 Å². The predicted molar refractivity (Wildman–Crippen MR) is 50.1 cm³/mol. The normalized spacial score (nSPS) is 19.9. The van der Waals surface area contributed by atoms with Crippen LogP contribution < -0.4 is 0 Å². The second kappa shape index (κ2) is 3.04.